The van der Waals surface area contributed by atoms with Crippen molar-refractivity contribution in [2.45, 2.75) is 25.8 Å². The van der Waals surface area contributed by atoms with Crippen LogP contribution in [0.3, 0.4) is 0 Å². The lowest BCUT2D eigenvalue weighted by molar-refractivity contribution is -0.133. The number of aromatic amines is 1. The van der Waals surface area contributed by atoms with Gasteiger partial charge in [-0.3, -0.25) is 4.79 Å². The fraction of sp³-hybridized carbons (Fsp3) is 0.600. The molecule has 1 fully saturated rings. The number of nitrogens with zero attached hydrogens (tertiary/aromatic N) is 2. The number of nitrogens with one attached hydrogen (secondary N) is 1. The minimum Gasteiger partial charge on any atom is -0.347 e. The van der Waals surface area contributed by atoms with Crippen LogP contribution >= 0.6 is 0 Å². The zero-order valence-electron chi connectivity index (χ0n) is 7.99. The predicted octanol–water partition coefficient (Wildman–Crippen LogP) is 0.704. The number of imidazole rings is 1. The van der Waals surface area contributed by atoms with Crippen molar-refractivity contribution in [3.63, 3.8) is 0 Å². The molecule has 0 atom stereocenters. The van der Waals surface area contributed by atoms with Crippen LogP contribution < -0.4 is 0 Å². The average Bonchev–Trinajstić information content (AvgIpc) is 2.95. The Bertz CT molecular complexity index is 367. The van der Waals surface area contributed by atoms with Crippen LogP contribution in [0.2, 0.25) is 0 Å². The first-order valence-corrected chi connectivity index (χ1v) is 5.14. The fourth-order valence-electron chi connectivity index (χ4n) is 1.99. The van der Waals surface area contributed by atoms with E-state index in [9.17, 15) is 4.79 Å². The Morgan fingerprint density at radius 3 is 3.21 bits per heavy atom. The highest BCUT2D eigenvalue weighted by Crippen LogP contribution is 2.32. The number of H-pyrrole nitrogens is 1. The van der Waals surface area contributed by atoms with E-state index in [4.69, 9.17) is 0 Å². The van der Waals surface area contributed by atoms with Crippen molar-refractivity contribution >= 4 is 5.91 Å². The largest absolute Gasteiger partial charge is 0.347 e. The highest BCUT2D eigenvalue weighted by molar-refractivity contribution is 5.81. The molecule has 74 valence electrons. The summed E-state index contributed by atoms with van der Waals surface area (Å²) in [5.41, 5.74) is 2.25. The summed E-state index contributed by atoms with van der Waals surface area (Å²) in [5.74, 6) is 0.671. The number of aromatic nitrogens is 2. The normalized spacial score (nSPS) is 20.7. The van der Waals surface area contributed by atoms with Crippen LogP contribution in [0.4, 0.5) is 0 Å². The molecule has 0 saturated heterocycles. The molecule has 1 N–H and O–H groups in total. The zero-order valence-corrected chi connectivity index (χ0v) is 7.99. The van der Waals surface area contributed by atoms with Crippen LogP contribution in [0.15, 0.2) is 6.33 Å². The molecule has 0 spiro atoms. The Balaban J connectivity index is 1.77. The number of fused-ring (bicyclic) bond motifs is 1. The highest BCUT2D eigenvalue weighted by Gasteiger charge is 2.34. The van der Waals surface area contributed by atoms with Gasteiger partial charge in [-0.15, -0.1) is 0 Å². The Morgan fingerprint density at radius 2 is 2.43 bits per heavy atom. The van der Waals surface area contributed by atoms with Crippen molar-refractivity contribution in [1.82, 2.24) is 14.9 Å². The third-order valence-corrected chi connectivity index (χ3v) is 3.01. The van der Waals surface area contributed by atoms with E-state index in [1.165, 1.54) is 0 Å². The molecule has 4 nitrogen and oxygen atoms in total. The summed E-state index contributed by atoms with van der Waals surface area (Å²) in [6.07, 6.45) is 4.80. The molecule has 4 heteroatoms. The number of amides is 1. The van der Waals surface area contributed by atoms with Crippen LogP contribution in [0.1, 0.15) is 24.2 Å². The number of carbonyl (C=O) groups excluding carboxylic acids is 1. The standard InChI is InChI=1S/C10H13N3O/c14-10(7-1-2-7)13-4-3-8-9(5-13)12-6-11-8/h6-7H,1-5H2,(H,11,12). The van der Waals surface area contributed by atoms with Gasteiger partial charge in [-0.05, 0) is 12.8 Å². The van der Waals surface area contributed by atoms with E-state index in [0.717, 1.165) is 43.7 Å². The van der Waals surface area contributed by atoms with Gasteiger partial charge in [-0.2, -0.15) is 0 Å². The summed E-state index contributed by atoms with van der Waals surface area (Å²) in [5, 5.41) is 0. The molecular weight excluding hydrogens is 178 g/mol. The first kappa shape index (κ1) is 8.03. The van der Waals surface area contributed by atoms with E-state index in [2.05, 4.69) is 9.97 Å². The molecular formula is C10H13N3O. The Kier molecular flexibility index (Phi) is 1.63. The molecule has 1 aromatic heterocycles. The van der Waals surface area contributed by atoms with Crippen LogP contribution in [0, 0.1) is 5.92 Å². The monoisotopic (exact) mass is 191 g/mol. The molecule has 1 saturated carbocycles. The molecule has 0 bridgehead atoms. The fourth-order valence-corrected chi connectivity index (χ4v) is 1.99. The molecule has 1 aromatic rings. The molecule has 0 radical (unpaired) electrons. The Hall–Kier alpha value is -1.32. The van der Waals surface area contributed by atoms with Gasteiger partial charge in [0.15, 0.2) is 0 Å². The van der Waals surface area contributed by atoms with E-state index < -0.39 is 0 Å². The summed E-state index contributed by atoms with van der Waals surface area (Å²) in [6.45, 7) is 1.57. The van der Waals surface area contributed by atoms with Gasteiger partial charge in [0.05, 0.1) is 24.3 Å². The Labute approximate surface area is 82.3 Å². The van der Waals surface area contributed by atoms with Crippen LogP contribution in [-0.2, 0) is 17.8 Å². The van der Waals surface area contributed by atoms with Crippen molar-refractivity contribution < 1.29 is 4.79 Å². The van der Waals surface area contributed by atoms with Crippen LogP contribution in [0.5, 0.6) is 0 Å². The SMILES string of the molecule is O=C(C1CC1)N1CCc2nc[nH]c2C1. The van der Waals surface area contributed by atoms with Crippen molar-refractivity contribution in [2.24, 2.45) is 5.92 Å². The van der Waals surface area contributed by atoms with Gasteiger partial charge in [-0.1, -0.05) is 0 Å². The second kappa shape index (κ2) is 2.83. The first-order chi connectivity index (χ1) is 6.84. The van der Waals surface area contributed by atoms with Gasteiger partial charge in [-0.25, -0.2) is 4.98 Å². The maximum Gasteiger partial charge on any atom is 0.226 e. The maximum atomic E-state index is 11.8. The minimum absolute atomic E-state index is 0.333. The minimum atomic E-state index is 0.333. The summed E-state index contributed by atoms with van der Waals surface area (Å²) in [6, 6.07) is 0. The van der Waals surface area contributed by atoms with Gasteiger partial charge < -0.3 is 9.88 Å². The van der Waals surface area contributed by atoms with E-state index in [1.54, 1.807) is 6.33 Å². The molecule has 2 heterocycles. The van der Waals surface area contributed by atoms with Gasteiger partial charge in [0, 0.05) is 18.9 Å². The van der Waals surface area contributed by atoms with E-state index in [1.807, 2.05) is 4.90 Å². The molecule has 0 unspecified atom stereocenters. The number of hydrogen-bond donors (Lipinski definition) is 1. The van der Waals surface area contributed by atoms with Crippen molar-refractivity contribution in [3.8, 4) is 0 Å². The first-order valence-electron chi connectivity index (χ1n) is 5.14. The van der Waals surface area contributed by atoms with Gasteiger partial charge >= 0.3 is 0 Å². The summed E-state index contributed by atoms with van der Waals surface area (Å²) >= 11 is 0. The molecule has 1 aliphatic heterocycles. The average molecular weight is 191 g/mol. The third-order valence-electron chi connectivity index (χ3n) is 3.01. The molecule has 3 rings (SSSR count). The van der Waals surface area contributed by atoms with E-state index in [0.29, 0.717) is 11.8 Å². The van der Waals surface area contributed by atoms with Gasteiger partial charge in [0.2, 0.25) is 5.91 Å². The smallest absolute Gasteiger partial charge is 0.226 e. The van der Waals surface area contributed by atoms with Gasteiger partial charge in [0.1, 0.15) is 0 Å². The predicted molar refractivity (Wildman–Crippen MR) is 50.4 cm³/mol. The van der Waals surface area contributed by atoms with E-state index >= 15 is 0 Å². The number of carbonyl (C=O) groups is 1. The summed E-state index contributed by atoms with van der Waals surface area (Å²) in [7, 11) is 0. The lowest BCUT2D eigenvalue weighted by atomic mass is 10.1. The number of hydrogen-bond acceptors (Lipinski definition) is 2. The van der Waals surface area contributed by atoms with E-state index in [-0.39, 0.29) is 0 Å². The summed E-state index contributed by atoms with van der Waals surface area (Å²) < 4.78 is 0. The Morgan fingerprint density at radius 1 is 1.57 bits per heavy atom. The maximum absolute atomic E-state index is 11.8. The number of rotatable bonds is 1. The summed E-state index contributed by atoms with van der Waals surface area (Å²) in [4.78, 5) is 21.1. The zero-order chi connectivity index (χ0) is 9.54. The molecule has 0 aromatic carbocycles. The molecule has 1 amide bonds. The molecule has 1 aliphatic carbocycles. The molecule has 2 aliphatic rings. The van der Waals surface area contributed by atoms with Gasteiger partial charge in [0.25, 0.3) is 0 Å². The second-order valence-electron chi connectivity index (χ2n) is 4.11. The third kappa shape index (κ3) is 1.22. The van der Waals surface area contributed by atoms with Crippen molar-refractivity contribution in [3.05, 3.63) is 17.7 Å². The lowest BCUT2D eigenvalue weighted by Crippen LogP contribution is -2.36. The van der Waals surface area contributed by atoms with Crippen molar-refractivity contribution in [2.75, 3.05) is 6.54 Å². The molecule has 14 heavy (non-hydrogen) atoms. The quantitative estimate of drug-likeness (QED) is 0.710. The lowest BCUT2D eigenvalue weighted by Gasteiger charge is -2.26. The van der Waals surface area contributed by atoms with Crippen LogP contribution in [-0.4, -0.2) is 27.3 Å². The second-order valence-corrected chi connectivity index (χ2v) is 4.11. The van der Waals surface area contributed by atoms with Crippen LogP contribution in [0.25, 0.3) is 0 Å². The highest BCUT2D eigenvalue weighted by atomic mass is 16.2. The topological polar surface area (TPSA) is 49.0 Å². The van der Waals surface area contributed by atoms with Crippen molar-refractivity contribution in [1.29, 1.82) is 0 Å².